The minimum absolute atomic E-state index is 0.0181. The van der Waals surface area contributed by atoms with Crippen molar-refractivity contribution in [3.63, 3.8) is 0 Å². The molecule has 0 radical (unpaired) electrons. The molecule has 2 N–H and O–H groups in total. The highest BCUT2D eigenvalue weighted by Crippen LogP contribution is 2.31. The summed E-state index contributed by atoms with van der Waals surface area (Å²) < 4.78 is 0. The predicted octanol–water partition coefficient (Wildman–Crippen LogP) is 2.37. The fraction of sp³-hybridized carbons (Fsp3) is 0. The van der Waals surface area contributed by atoms with Crippen LogP contribution in [0.15, 0.2) is 39.6 Å². The van der Waals surface area contributed by atoms with Gasteiger partial charge in [0.05, 0.1) is 11.6 Å². The number of nitriles is 1. The molecule has 0 aliphatic carbocycles. The van der Waals surface area contributed by atoms with E-state index in [2.05, 4.69) is 32.8 Å². The summed E-state index contributed by atoms with van der Waals surface area (Å²) in [4.78, 5) is 22.3. The molecule has 2 aromatic rings. The Morgan fingerprint density at radius 1 is 1.30 bits per heavy atom. The van der Waals surface area contributed by atoms with Gasteiger partial charge in [-0.3, -0.25) is 0 Å². The van der Waals surface area contributed by atoms with Crippen LogP contribution in [0.4, 0.5) is 17.3 Å². The topological polar surface area (TPSA) is 117 Å². The van der Waals surface area contributed by atoms with E-state index in [0.717, 1.165) is 5.56 Å². The lowest BCUT2D eigenvalue weighted by atomic mass is 10.2. The van der Waals surface area contributed by atoms with Gasteiger partial charge in [0, 0.05) is 6.21 Å². The van der Waals surface area contributed by atoms with E-state index in [1.807, 2.05) is 6.07 Å². The van der Waals surface area contributed by atoms with Gasteiger partial charge < -0.3 is 5.73 Å². The Labute approximate surface area is 119 Å². The second kappa shape index (κ2) is 5.90. The van der Waals surface area contributed by atoms with E-state index >= 15 is 0 Å². The number of anilines is 1. The molecule has 0 atom stereocenters. The van der Waals surface area contributed by atoms with Gasteiger partial charge in [-0.25, -0.2) is 9.98 Å². The van der Waals surface area contributed by atoms with E-state index < -0.39 is 0 Å². The summed E-state index contributed by atoms with van der Waals surface area (Å²) in [5.41, 5.74) is 7.01. The first-order chi connectivity index (χ1) is 9.63. The van der Waals surface area contributed by atoms with Crippen LogP contribution in [0.2, 0.25) is 0 Å². The van der Waals surface area contributed by atoms with Gasteiger partial charge in [-0.2, -0.15) is 10.2 Å². The van der Waals surface area contributed by atoms with Crippen molar-refractivity contribution < 1.29 is 0 Å². The standard InChI is InChI=1S/C12H8N6OS/c13-5-7-1-3-8(4-2-7)6-15-9-10(14)16-12(20)17-11(9)18-19/h1-4,6H,(H3,14,16,17,20)/b15-6+. The third-order valence-electron chi connectivity index (χ3n) is 2.35. The Morgan fingerprint density at radius 2 is 2.00 bits per heavy atom. The van der Waals surface area contributed by atoms with Crippen molar-refractivity contribution in [2.24, 2.45) is 10.2 Å². The quantitative estimate of drug-likeness (QED) is 0.388. The lowest BCUT2D eigenvalue weighted by Gasteiger charge is -2.01. The number of thiol groups is 1. The van der Waals surface area contributed by atoms with Crippen molar-refractivity contribution in [3.8, 4) is 6.07 Å². The van der Waals surface area contributed by atoms with E-state index in [1.165, 1.54) is 6.21 Å². The molecule has 0 saturated carbocycles. The summed E-state index contributed by atoms with van der Waals surface area (Å²) >= 11 is 3.90. The number of aromatic nitrogens is 2. The summed E-state index contributed by atoms with van der Waals surface area (Å²) in [6.07, 6.45) is 1.48. The van der Waals surface area contributed by atoms with E-state index in [-0.39, 0.29) is 22.5 Å². The zero-order valence-corrected chi connectivity index (χ0v) is 11.0. The van der Waals surface area contributed by atoms with Gasteiger partial charge in [0.2, 0.25) is 5.82 Å². The second-order valence-electron chi connectivity index (χ2n) is 3.66. The van der Waals surface area contributed by atoms with Crippen molar-refractivity contribution in [2.45, 2.75) is 5.16 Å². The van der Waals surface area contributed by atoms with Crippen molar-refractivity contribution in [3.05, 3.63) is 40.3 Å². The molecule has 7 nitrogen and oxygen atoms in total. The number of nitroso groups, excluding NO2 is 1. The molecule has 98 valence electrons. The Kier molecular flexibility index (Phi) is 4.02. The SMILES string of the molecule is N#Cc1ccc(/C=N/c2c(N)nc(S)nc2N=O)cc1. The Morgan fingerprint density at radius 3 is 2.60 bits per heavy atom. The molecule has 0 bridgehead atoms. The van der Waals surface area contributed by atoms with Crippen LogP contribution < -0.4 is 5.73 Å². The third-order valence-corrected chi connectivity index (χ3v) is 2.55. The highest BCUT2D eigenvalue weighted by molar-refractivity contribution is 7.80. The average Bonchev–Trinajstić information content (AvgIpc) is 2.46. The second-order valence-corrected chi connectivity index (χ2v) is 4.06. The minimum Gasteiger partial charge on any atom is -0.382 e. The maximum absolute atomic E-state index is 10.7. The number of nitrogen functional groups attached to an aromatic ring is 1. The zero-order valence-electron chi connectivity index (χ0n) is 10.1. The van der Waals surface area contributed by atoms with Gasteiger partial charge in [-0.1, -0.05) is 12.1 Å². The summed E-state index contributed by atoms with van der Waals surface area (Å²) in [5.74, 6) is -0.156. The van der Waals surface area contributed by atoms with Crippen LogP contribution in [-0.4, -0.2) is 16.2 Å². The van der Waals surface area contributed by atoms with Gasteiger partial charge in [-0.05, 0) is 22.9 Å². The zero-order chi connectivity index (χ0) is 14.5. The Balaban J connectivity index is 2.36. The molecule has 0 spiro atoms. The van der Waals surface area contributed by atoms with Crippen molar-refractivity contribution in [2.75, 3.05) is 5.73 Å². The van der Waals surface area contributed by atoms with Crippen LogP contribution in [0.3, 0.4) is 0 Å². The van der Waals surface area contributed by atoms with Gasteiger partial charge in [0.15, 0.2) is 16.7 Å². The van der Waals surface area contributed by atoms with E-state index in [0.29, 0.717) is 5.56 Å². The largest absolute Gasteiger partial charge is 0.382 e. The maximum Gasteiger partial charge on any atom is 0.228 e. The first kappa shape index (κ1) is 13.6. The smallest absolute Gasteiger partial charge is 0.228 e. The maximum atomic E-state index is 10.7. The summed E-state index contributed by atoms with van der Waals surface area (Å²) in [6, 6.07) is 8.73. The fourth-order valence-corrected chi connectivity index (χ4v) is 1.62. The van der Waals surface area contributed by atoms with E-state index in [4.69, 9.17) is 11.0 Å². The van der Waals surface area contributed by atoms with E-state index in [1.54, 1.807) is 24.3 Å². The molecular weight excluding hydrogens is 276 g/mol. The lowest BCUT2D eigenvalue weighted by Crippen LogP contribution is -1.94. The lowest BCUT2D eigenvalue weighted by molar-refractivity contribution is 0.977. The first-order valence-corrected chi connectivity index (χ1v) is 5.83. The number of nitrogens with zero attached hydrogens (tertiary/aromatic N) is 5. The van der Waals surface area contributed by atoms with Crippen LogP contribution in [-0.2, 0) is 0 Å². The molecule has 0 unspecified atom stereocenters. The molecule has 0 aliphatic heterocycles. The van der Waals surface area contributed by atoms with Gasteiger partial charge in [0.1, 0.15) is 0 Å². The number of hydrogen-bond acceptors (Lipinski definition) is 8. The van der Waals surface area contributed by atoms with Crippen molar-refractivity contribution in [1.29, 1.82) is 5.26 Å². The minimum atomic E-state index is -0.174. The van der Waals surface area contributed by atoms with Crippen LogP contribution in [0.1, 0.15) is 11.1 Å². The first-order valence-electron chi connectivity index (χ1n) is 5.38. The number of hydrogen-bond donors (Lipinski definition) is 2. The van der Waals surface area contributed by atoms with E-state index in [9.17, 15) is 4.91 Å². The van der Waals surface area contributed by atoms with Gasteiger partial charge >= 0.3 is 0 Å². The van der Waals surface area contributed by atoms with Crippen molar-refractivity contribution in [1.82, 2.24) is 9.97 Å². The van der Waals surface area contributed by atoms with Gasteiger partial charge in [-0.15, -0.1) is 17.5 Å². The molecule has 1 aromatic heterocycles. The van der Waals surface area contributed by atoms with Crippen molar-refractivity contribution >= 4 is 36.2 Å². The Hall–Kier alpha value is -2.79. The Bertz CT molecular complexity index is 720. The fourth-order valence-electron chi connectivity index (χ4n) is 1.42. The van der Waals surface area contributed by atoms with Crippen LogP contribution in [0, 0.1) is 16.2 Å². The number of nitrogens with two attached hydrogens (primary N) is 1. The highest BCUT2D eigenvalue weighted by Gasteiger charge is 2.10. The molecule has 1 aromatic carbocycles. The van der Waals surface area contributed by atoms with Crippen LogP contribution >= 0.6 is 12.6 Å². The molecule has 20 heavy (non-hydrogen) atoms. The monoisotopic (exact) mass is 284 g/mol. The summed E-state index contributed by atoms with van der Waals surface area (Å²) in [7, 11) is 0. The number of aliphatic imine (C=N–C) groups is 1. The molecule has 2 rings (SSSR count). The van der Waals surface area contributed by atoms with Crippen LogP contribution in [0.25, 0.3) is 0 Å². The summed E-state index contributed by atoms with van der Waals surface area (Å²) in [6.45, 7) is 0. The highest BCUT2D eigenvalue weighted by atomic mass is 32.1. The summed E-state index contributed by atoms with van der Waals surface area (Å²) in [5, 5.41) is 11.5. The van der Waals surface area contributed by atoms with Gasteiger partial charge in [0.25, 0.3) is 0 Å². The molecule has 0 aliphatic rings. The average molecular weight is 284 g/mol. The molecule has 0 amide bonds. The normalized spacial score (nSPS) is 10.4. The molecule has 1 heterocycles. The van der Waals surface area contributed by atoms with Crippen LogP contribution in [0.5, 0.6) is 0 Å². The molecule has 0 fully saturated rings. The predicted molar refractivity (Wildman–Crippen MR) is 77.6 cm³/mol. The number of rotatable bonds is 3. The number of benzene rings is 1. The molecule has 0 saturated heterocycles. The third kappa shape index (κ3) is 2.96. The molecule has 8 heteroatoms. The molecular formula is C12H8N6OS.